The Labute approximate surface area is 109 Å². The summed E-state index contributed by atoms with van der Waals surface area (Å²) in [6, 6.07) is 1.94. The third-order valence-corrected chi connectivity index (χ3v) is 3.37. The number of aryl methyl sites for hydroxylation is 1. The number of carbonyl (C=O) groups excluding carboxylic acids is 1. The van der Waals surface area contributed by atoms with Crippen molar-refractivity contribution in [3.63, 3.8) is 0 Å². The molecule has 5 heteroatoms. The van der Waals surface area contributed by atoms with E-state index in [1.807, 2.05) is 13.0 Å². The van der Waals surface area contributed by atoms with Crippen LogP contribution < -0.4 is 10.6 Å². The monoisotopic (exact) mass is 297 g/mol. The minimum Gasteiger partial charge on any atom is -0.316 e. The number of amides is 1. The summed E-state index contributed by atoms with van der Waals surface area (Å²) < 4.78 is 0.924. The van der Waals surface area contributed by atoms with Crippen LogP contribution in [0.1, 0.15) is 18.4 Å². The van der Waals surface area contributed by atoms with Gasteiger partial charge in [0.1, 0.15) is 5.82 Å². The van der Waals surface area contributed by atoms with Crippen molar-refractivity contribution < 1.29 is 4.79 Å². The molecule has 1 aromatic heterocycles. The molecule has 0 spiro atoms. The van der Waals surface area contributed by atoms with Gasteiger partial charge in [-0.05, 0) is 59.9 Å². The first kappa shape index (κ1) is 12.5. The van der Waals surface area contributed by atoms with Gasteiger partial charge >= 0.3 is 0 Å². The van der Waals surface area contributed by atoms with Crippen LogP contribution in [-0.2, 0) is 4.79 Å². The van der Waals surface area contributed by atoms with Crippen molar-refractivity contribution in [2.75, 3.05) is 18.4 Å². The molecule has 0 aliphatic carbocycles. The molecule has 1 aliphatic rings. The van der Waals surface area contributed by atoms with Gasteiger partial charge < -0.3 is 10.6 Å². The molecule has 0 aromatic carbocycles. The molecule has 1 amide bonds. The number of hydrogen-bond acceptors (Lipinski definition) is 3. The van der Waals surface area contributed by atoms with Crippen LogP contribution >= 0.6 is 15.9 Å². The number of aromatic nitrogens is 1. The normalized spacial score (nSPS) is 19.3. The van der Waals surface area contributed by atoms with Gasteiger partial charge in [-0.1, -0.05) is 0 Å². The topological polar surface area (TPSA) is 54.0 Å². The first-order valence-electron chi connectivity index (χ1n) is 5.78. The standard InChI is InChI=1S/C12H16BrN3O/c1-8-4-10(13)7-15-12(8)16-11(17)5-9-2-3-14-6-9/h4,7,9,14H,2-3,5-6H2,1H3,(H,15,16,17). The predicted octanol–water partition coefficient (Wildman–Crippen LogP) is 2.09. The SMILES string of the molecule is Cc1cc(Br)cnc1NC(=O)CC1CCNC1. The van der Waals surface area contributed by atoms with Crippen molar-refractivity contribution in [3.05, 3.63) is 22.3 Å². The molecule has 1 unspecified atom stereocenters. The van der Waals surface area contributed by atoms with E-state index in [-0.39, 0.29) is 5.91 Å². The van der Waals surface area contributed by atoms with Crippen LogP contribution in [0.15, 0.2) is 16.7 Å². The smallest absolute Gasteiger partial charge is 0.225 e. The Balaban J connectivity index is 1.93. The molecule has 17 heavy (non-hydrogen) atoms. The molecule has 2 N–H and O–H groups in total. The minimum absolute atomic E-state index is 0.0524. The first-order valence-corrected chi connectivity index (χ1v) is 6.57. The average Bonchev–Trinajstić information content (AvgIpc) is 2.75. The Kier molecular flexibility index (Phi) is 4.12. The van der Waals surface area contributed by atoms with Crippen molar-refractivity contribution in [1.29, 1.82) is 0 Å². The number of anilines is 1. The quantitative estimate of drug-likeness (QED) is 0.898. The number of nitrogens with zero attached hydrogens (tertiary/aromatic N) is 1. The van der Waals surface area contributed by atoms with Crippen LogP contribution in [-0.4, -0.2) is 24.0 Å². The molecule has 1 saturated heterocycles. The number of rotatable bonds is 3. The van der Waals surface area contributed by atoms with E-state index in [9.17, 15) is 4.79 Å². The lowest BCUT2D eigenvalue weighted by Gasteiger charge is -2.10. The zero-order valence-corrected chi connectivity index (χ0v) is 11.4. The van der Waals surface area contributed by atoms with Gasteiger partial charge in [0.2, 0.25) is 5.91 Å². The second kappa shape index (κ2) is 5.60. The van der Waals surface area contributed by atoms with Crippen LogP contribution in [0, 0.1) is 12.8 Å². The highest BCUT2D eigenvalue weighted by Crippen LogP contribution is 2.18. The van der Waals surface area contributed by atoms with Gasteiger partial charge in [0.15, 0.2) is 0 Å². The summed E-state index contributed by atoms with van der Waals surface area (Å²) in [7, 11) is 0. The number of nitrogens with one attached hydrogen (secondary N) is 2. The molecule has 2 rings (SSSR count). The van der Waals surface area contributed by atoms with E-state index < -0.39 is 0 Å². The molecule has 92 valence electrons. The average molecular weight is 298 g/mol. The van der Waals surface area contributed by atoms with Crippen molar-refractivity contribution in [1.82, 2.24) is 10.3 Å². The number of hydrogen-bond donors (Lipinski definition) is 2. The fraction of sp³-hybridized carbons (Fsp3) is 0.500. The molecule has 1 fully saturated rings. The molecule has 0 bridgehead atoms. The zero-order valence-electron chi connectivity index (χ0n) is 9.79. The van der Waals surface area contributed by atoms with Crippen LogP contribution in [0.3, 0.4) is 0 Å². The Morgan fingerprint density at radius 3 is 3.18 bits per heavy atom. The molecular weight excluding hydrogens is 282 g/mol. The highest BCUT2D eigenvalue weighted by atomic mass is 79.9. The summed E-state index contributed by atoms with van der Waals surface area (Å²) in [6.07, 6.45) is 3.35. The highest BCUT2D eigenvalue weighted by Gasteiger charge is 2.18. The second-order valence-corrected chi connectivity index (χ2v) is 5.35. The summed E-state index contributed by atoms with van der Waals surface area (Å²) in [5.41, 5.74) is 0.970. The van der Waals surface area contributed by atoms with Crippen LogP contribution in [0.2, 0.25) is 0 Å². The van der Waals surface area contributed by atoms with E-state index in [0.717, 1.165) is 29.5 Å². The fourth-order valence-electron chi connectivity index (χ4n) is 2.01. The van der Waals surface area contributed by atoms with E-state index in [0.29, 0.717) is 18.2 Å². The third kappa shape index (κ3) is 3.51. The van der Waals surface area contributed by atoms with Crippen molar-refractivity contribution >= 4 is 27.7 Å². The Morgan fingerprint density at radius 1 is 1.71 bits per heavy atom. The lowest BCUT2D eigenvalue weighted by molar-refractivity contribution is -0.117. The predicted molar refractivity (Wildman–Crippen MR) is 70.9 cm³/mol. The summed E-state index contributed by atoms with van der Waals surface area (Å²) in [4.78, 5) is 16.0. The number of halogens is 1. The molecule has 2 heterocycles. The molecule has 0 saturated carbocycles. The van der Waals surface area contributed by atoms with E-state index in [2.05, 4.69) is 31.5 Å². The van der Waals surface area contributed by atoms with Gasteiger partial charge in [0, 0.05) is 17.1 Å². The molecular formula is C12H16BrN3O. The van der Waals surface area contributed by atoms with Gasteiger partial charge in [-0.25, -0.2) is 4.98 Å². The van der Waals surface area contributed by atoms with Crippen molar-refractivity contribution in [3.8, 4) is 0 Å². The first-order chi connectivity index (χ1) is 8.15. The second-order valence-electron chi connectivity index (χ2n) is 4.43. The Hall–Kier alpha value is -0.940. The van der Waals surface area contributed by atoms with Crippen LogP contribution in [0.5, 0.6) is 0 Å². The third-order valence-electron chi connectivity index (χ3n) is 2.94. The molecule has 1 atom stereocenters. The maximum atomic E-state index is 11.8. The van der Waals surface area contributed by atoms with Crippen LogP contribution in [0.4, 0.5) is 5.82 Å². The highest BCUT2D eigenvalue weighted by molar-refractivity contribution is 9.10. The lowest BCUT2D eigenvalue weighted by Crippen LogP contribution is -2.19. The summed E-state index contributed by atoms with van der Waals surface area (Å²) >= 11 is 3.35. The van der Waals surface area contributed by atoms with E-state index in [1.54, 1.807) is 6.20 Å². The lowest BCUT2D eigenvalue weighted by atomic mass is 10.0. The van der Waals surface area contributed by atoms with E-state index in [4.69, 9.17) is 0 Å². The zero-order chi connectivity index (χ0) is 12.3. The Morgan fingerprint density at radius 2 is 2.53 bits per heavy atom. The maximum absolute atomic E-state index is 11.8. The van der Waals surface area contributed by atoms with Gasteiger partial charge in [0.05, 0.1) is 0 Å². The maximum Gasteiger partial charge on any atom is 0.225 e. The molecule has 1 aliphatic heterocycles. The Bertz CT molecular complexity index is 416. The van der Waals surface area contributed by atoms with E-state index >= 15 is 0 Å². The van der Waals surface area contributed by atoms with Gasteiger partial charge in [-0.15, -0.1) is 0 Å². The minimum atomic E-state index is 0.0524. The largest absolute Gasteiger partial charge is 0.316 e. The summed E-state index contributed by atoms with van der Waals surface area (Å²) in [6.45, 7) is 3.90. The summed E-state index contributed by atoms with van der Waals surface area (Å²) in [5.74, 6) is 1.17. The van der Waals surface area contributed by atoms with Gasteiger partial charge in [-0.2, -0.15) is 0 Å². The summed E-state index contributed by atoms with van der Waals surface area (Å²) in [5, 5.41) is 6.12. The fourth-order valence-corrected chi connectivity index (χ4v) is 2.45. The van der Waals surface area contributed by atoms with Crippen LogP contribution in [0.25, 0.3) is 0 Å². The van der Waals surface area contributed by atoms with Gasteiger partial charge in [-0.3, -0.25) is 4.79 Å². The molecule has 4 nitrogen and oxygen atoms in total. The van der Waals surface area contributed by atoms with Crippen molar-refractivity contribution in [2.24, 2.45) is 5.92 Å². The number of carbonyl (C=O) groups is 1. The number of pyridine rings is 1. The molecule has 1 aromatic rings. The van der Waals surface area contributed by atoms with E-state index in [1.165, 1.54) is 0 Å². The van der Waals surface area contributed by atoms with Crippen molar-refractivity contribution in [2.45, 2.75) is 19.8 Å². The molecule has 0 radical (unpaired) electrons. The van der Waals surface area contributed by atoms with Gasteiger partial charge in [0.25, 0.3) is 0 Å².